The van der Waals surface area contributed by atoms with E-state index < -0.39 is 6.00 Å². The monoisotopic (exact) mass is 271 g/mol. The van der Waals surface area contributed by atoms with E-state index in [0.29, 0.717) is 6.04 Å². The van der Waals surface area contributed by atoms with Crippen LogP contribution in [0.1, 0.15) is 39.0 Å². The molecule has 0 radical (unpaired) electrons. The fourth-order valence-corrected chi connectivity index (χ4v) is 3.84. The van der Waals surface area contributed by atoms with E-state index in [0.717, 1.165) is 12.8 Å². The van der Waals surface area contributed by atoms with Crippen molar-refractivity contribution in [1.82, 2.24) is 0 Å². The molecule has 0 rings (SSSR count). The average Bonchev–Trinajstić information content (AvgIpc) is 2.08. The van der Waals surface area contributed by atoms with Gasteiger partial charge in [0.05, 0.1) is 6.07 Å². The Kier molecular flexibility index (Phi) is 8.14. The Bertz CT molecular complexity index is 185. The molecule has 0 amide bonds. The van der Waals surface area contributed by atoms with Crippen LogP contribution in [0.15, 0.2) is 0 Å². The molecule has 0 fully saturated rings. The fraction of sp³-hybridized carbons (Fsp3) is 0.889. The maximum Gasteiger partial charge on any atom is 0.342 e. The lowest BCUT2D eigenvalue weighted by atomic mass is 10.0. The van der Waals surface area contributed by atoms with Gasteiger partial charge in [0.1, 0.15) is 0 Å². The van der Waals surface area contributed by atoms with Gasteiger partial charge in [-0.3, -0.25) is 0 Å². The predicted octanol–water partition coefficient (Wildman–Crippen LogP) is 4.75. The molecule has 0 saturated heterocycles. The maximum absolute atomic E-state index is 8.84. The summed E-state index contributed by atoms with van der Waals surface area (Å²) in [6, 6.07) is 0.0738. The van der Waals surface area contributed by atoms with E-state index in [9.17, 15) is 0 Å². The van der Waals surface area contributed by atoms with Crippen LogP contribution in [0.2, 0.25) is 6.04 Å². The van der Waals surface area contributed by atoms with Crippen molar-refractivity contribution in [2.75, 3.05) is 0 Å². The molecule has 1 nitrogen and oxygen atoms in total. The van der Waals surface area contributed by atoms with Crippen LogP contribution in [0.5, 0.6) is 0 Å². The highest BCUT2D eigenvalue weighted by Crippen LogP contribution is 2.31. The normalized spacial score (nSPS) is 13.6. The van der Waals surface area contributed by atoms with Crippen LogP contribution in [0.25, 0.3) is 0 Å². The number of hydrogen-bond acceptors (Lipinski definition) is 1. The van der Waals surface area contributed by atoms with E-state index in [4.69, 9.17) is 38.5 Å². The molecular weight excluding hydrogens is 257 g/mol. The molecule has 0 aromatic carbocycles. The first-order valence-electron chi connectivity index (χ1n) is 4.96. The van der Waals surface area contributed by atoms with Gasteiger partial charge in [-0.15, -0.1) is 33.2 Å². The minimum Gasteiger partial charge on any atom is -0.198 e. The third-order valence-corrected chi connectivity index (χ3v) is 4.41. The molecule has 1 atom stereocenters. The standard InChI is InChI=1S/C9H16Cl3NSi/c1-2-3-4-5-6-9(7-13)8-14(10,11)12/h9H,2-6,8H2,1H3. The molecular formula is C9H16Cl3NSi. The SMILES string of the molecule is CCCCCCC(C#N)C[Si](Cl)(Cl)Cl. The van der Waals surface area contributed by atoms with Crippen molar-refractivity contribution in [3.63, 3.8) is 0 Å². The summed E-state index contributed by atoms with van der Waals surface area (Å²) >= 11 is 17.3. The van der Waals surface area contributed by atoms with Gasteiger partial charge in [-0.05, 0) is 12.5 Å². The van der Waals surface area contributed by atoms with E-state index in [1.165, 1.54) is 19.3 Å². The molecule has 0 aliphatic carbocycles. The number of hydrogen-bond donors (Lipinski definition) is 0. The summed E-state index contributed by atoms with van der Waals surface area (Å²) in [7, 11) is 0. The lowest BCUT2D eigenvalue weighted by Crippen LogP contribution is -2.14. The van der Waals surface area contributed by atoms with Gasteiger partial charge < -0.3 is 0 Å². The Morgan fingerprint density at radius 1 is 1.21 bits per heavy atom. The Morgan fingerprint density at radius 3 is 2.29 bits per heavy atom. The lowest BCUT2D eigenvalue weighted by molar-refractivity contribution is 0.566. The van der Waals surface area contributed by atoms with Crippen LogP contribution in [0.4, 0.5) is 0 Å². The molecule has 82 valence electrons. The van der Waals surface area contributed by atoms with Gasteiger partial charge in [0.15, 0.2) is 0 Å². The minimum absolute atomic E-state index is 0.0639. The molecule has 1 unspecified atom stereocenters. The molecule has 0 bridgehead atoms. The molecule has 0 heterocycles. The third kappa shape index (κ3) is 9.14. The summed E-state index contributed by atoms with van der Waals surface area (Å²) in [5.41, 5.74) is 0. The summed E-state index contributed by atoms with van der Waals surface area (Å²) in [5.74, 6) is -0.0639. The molecule has 0 N–H and O–H groups in total. The largest absolute Gasteiger partial charge is 0.342 e. The highest BCUT2D eigenvalue weighted by Gasteiger charge is 2.29. The number of halogens is 3. The van der Waals surface area contributed by atoms with Crippen LogP contribution in [0.3, 0.4) is 0 Å². The van der Waals surface area contributed by atoms with Crippen molar-refractivity contribution < 1.29 is 0 Å². The Morgan fingerprint density at radius 2 is 1.86 bits per heavy atom. The van der Waals surface area contributed by atoms with E-state index >= 15 is 0 Å². The number of nitriles is 1. The first kappa shape index (κ1) is 14.6. The Labute approximate surface area is 101 Å². The predicted molar refractivity (Wildman–Crippen MR) is 66.0 cm³/mol. The zero-order chi connectivity index (χ0) is 11.0. The molecule has 0 aromatic rings. The average molecular weight is 273 g/mol. The minimum atomic E-state index is -2.62. The highest BCUT2D eigenvalue weighted by atomic mass is 35.8. The van der Waals surface area contributed by atoms with Gasteiger partial charge in [0.2, 0.25) is 0 Å². The molecule has 0 saturated carbocycles. The van der Waals surface area contributed by atoms with Gasteiger partial charge in [0, 0.05) is 5.92 Å². The molecule has 0 aromatic heterocycles. The van der Waals surface area contributed by atoms with Gasteiger partial charge in [0.25, 0.3) is 0 Å². The number of nitrogens with zero attached hydrogens (tertiary/aromatic N) is 1. The van der Waals surface area contributed by atoms with Crippen molar-refractivity contribution >= 4 is 39.2 Å². The Balaban J connectivity index is 3.66. The van der Waals surface area contributed by atoms with Crippen LogP contribution in [0, 0.1) is 17.2 Å². The zero-order valence-electron chi connectivity index (χ0n) is 8.40. The molecule has 0 aliphatic rings. The topological polar surface area (TPSA) is 23.8 Å². The summed E-state index contributed by atoms with van der Waals surface area (Å²) < 4.78 is 0. The number of rotatable bonds is 7. The second-order valence-corrected chi connectivity index (χ2v) is 12.7. The van der Waals surface area contributed by atoms with Gasteiger partial charge in [-0.2, -0.15) is 5.26 Å². The maximum atomic E-state index is 8.84. The van der Waals surface area contributed by atoms with Crippen molar-refractivity contribution in [2.45, 2.75) is 45.1 Å². The lowest BCUT2D eigenvalue weighted by Gasteiger charge is -2.12. The van der Waals surface area contributed by atoms with Gasteiger partial charge in [-0.25, -0.2) is 0 Å². The fourth-order valence-electron chi connectivity index (χ4n) is 1.31. The molecule has 0 aliphatic heterocycles. The molecule has 5 heteroatoms. The summed E-state index contributed by atoms with van der Waals surface area (Å²) in [5, 5.41) is 8.84. The van der Waals surface area contributed by atoms with E-state index in [1.807, 2.05) is 0 Å². The van der Waals surface area contributed by atoms with Crippen molar-refractivity contribution in [2.24, 2.45) is 5.92 Å². The van der Waals surface area contributed by atoms with Crippen LogP contribution < -0.4 is 0 Å². The second kappa shape index (κ2) is 7.82. The van der Waals surface area contributed by atoms with Crippen LogP contribution in [-0.4, -0.2) is 6.00 Å². The summed E-state index contributed by atoms with van der Waals surface area (Å²) in [6.07, 6.45) is 5.55. The van der Waals surface area contributed by atoms with E-state index in [1.54, 1.807) is 0 Å². The summed E-state index contributed by atoms with van der Waals surface area (Å²) in [6.45, 7) is 2.16. The van der Waals surface area contributed by atoms with Crippen molar-refractivity contribution in [3.8, 4) is 6.07 Å². The van der Waals surface area contributed by atoms with Crippen LogP contribution >= 0.6 is 33.2 Å². The van der Waals surface area contributed by atoms with Crippen molar-refractivity contribution in [1.29, 1.82) is 5.26 Å². The van der Waals surface area contributed by atoms with E-state index in [2.05, 4.69) is 13.0 Å². The first-order valence-corrected chi connectivity index (χ1v) is 10.2. The second-order valence-electron chi connectivity index (χ2n) is 3.49. The zero-order valence-corrected chi connectivity index (χ0v) is 11.7. The Hall–Kier alpha value is 0.577. The first-order chi connectivity index (χ1) is 6.49. The van der Waals surface area contributed by atoms with Crippen molar-refractivity contribution in [3.05, 3.63) is 0 Å². The third-order valence-electron chi connectivity index (χ3n) is 2.07. The molecule has 0 spiro atoms. The van der Waals surface area contributed by atoms with Gasteiger partial charge in [-0.1, -0.05) is 32.6 Å². The highest BCUT2D eigenvalue weighted by molar-refractivity contribution is 7.64. The van der Waals surface area contributed by atoms with E-state index in [-0.39, 0.29) is 5.92 Å². The number of unbranched alkanes of at least 4 members (excludes halogenated alkanes) is 3. The smallest absolute Gasteiger partial charge is 0.198 e. The summed E-state index contributed by atoms with van der Waals surface area (Å²) in [4.78, 5) is 0. The molecule has 14 heavy (non-hydrogen) atoms. The quantitative estimate of drug-likeness (QED) is 0.373. The van der Waals surface area contributed by atoms with Gasteiger partial charge >= 0.3 is 6.00 Å². The van der Waals surface area contributed by atoms with Crippen LogP contribution in [-0.2, 0) is 0 Å².